The molecule has 2 aromatic carbocycles. The lowest BCUT2D eigenvalue weighted by Gasteiger charge is -2.05. The van der Waals surface area contributed by atoms with Crippen LogP contribution in [0, 0.1) is 5.82 Å². The molecule has 0 aliphatic rings. The summed E-state index contributed by atoms with van der Waals surface area (Å²) in [7, 11) is 0. The van der Waals surface area contributed by atoms with Gasteiger partial charge in [-0.15, -0.1) is 0 Å². The third kappa shape index (κ3) is 5.30. The van der Waals surface area contributed by atoms with Crippen LogP contribution in [0.2, 0.25) is 0 Å². The van der Waals surface area contributed by atoms with Gasteiger partial charge in [-0.2, -0.15) is 0 Å². The number of halogens is 3. The molecule has 0 saturated carbocycles. The largest absolute Gasteiger partial charge is 0.422 e. The number of carbonyl (C=O) groups excluding carboxylic acids is 2. The van der Waals surface area contributed by atoms with Crippen LogP contribution in [0.1, 0.15) is 0 Å². The van der Waals surface area contributed by atoms with Crippen molar-refractivity contribution in [3.05, 3.63) is 69.4 Å². The molecule has 4 nitrogen and oxygen atoms in total. The normalized spacial score (nSPS) is 10.6. The van der Waals surface area contributed by atoms with E-state index in [9.17, 15) is 14.0 Å². The SMILES string of the molecule is O=C(/C=C/C(=O)Oc1ccc(F)cc1Br)Nc1ccccc1Br. The first-order valence-corrected chi connectivity index (χ1v) is 7.95. The summed E-state index contributed by atoms with van der Waals surface area (Å²) in [6, 6.07) is 10.7. The number of carbonyl (C=O) groups is 2. The van der Waals surface area contributed by atoms with E-state index in [4.69, 9.17) is 4.74 Å². The van der Waals surface area contributed by atoms with E-state index >= 15 is 0 Å². The van der Waals surface area contributed by atoms with Gasteiger partial charge in [0.25, 0.3) is 0 Å². The van der Waals surface area contributed by atoms with Crippen molar-refractivity contribution in [3.63, 3.8) is 0 Å². The summed E-state index contributed by atoms with van der Waals surface area (Å²) >= 11 is 6.38. The summed E-state index contributed by atoms with van der Waals surface area (Å²) in [4.78, 5) is 23.4. The van der Waals surface area contributed by atoms with Gasteiger partial charge in [-0.25, -0.2) is 9.18 Å². The van der Waals surface area contributed by atoms with Crippen LogP contribution in [0.15, 0.2) is 63.6 Å². The van der Waals surface area contributed by atoms with Gasteiger partial charge in [0, 0.05) is 16.6 Å². The molecule has 0 unspecified atom stereocenters. The first kappa shape index (κ1) is 17.4. The predicted octanol–water partition coefficient (Wildman–Crippen LogP) is 4.45. The Hall–Kier alpha value is -1.99. The second-order valence-electron chi connectivity index (χ2n) is 4.30. The highest BCUT2D eigenvalue weighted by atomic mass is 79.9. The van der Waals surface area contributed by atoms with Gasteiger partial charge in [-0.1, -0.05) is 12.1 Å². The Balaban J connectivity index is 1.95. The predicted molar refractivity (Wildman–Crippen MR) is 91.6 cm³/mol. The lowest BCUT2D eigenvalue weighted by atomic mass is 10.3. The van der Waals surface area contributed by atoms with Gasteiger partial charge >= 0.3 is 5.97 Å². The minimum atomic E-state index is -0.750. The van der Waals surface area contributed by atoms with E-state index in [1.54, 1.807) is 18.2 Å². The molecule has 1 amide bonds. The molecule has 2 rings (SSSR count). The average Bonchev–Trinajstić information content (AvgIpc) is 2.50. The van der Waals surface area contributed by atoms with Crippen LogP contribution in [0.4, 0.5) is 10.1 Å². The Morgan fingerprint density at radius 1 is 1.04 bits per heavy atom. The van der Waals surface area contributed by atoms with Gasteiger partial charge in [0.1, 0.15) is 11.6 Å². The molecular formula is C16H10Br2FNO3. The fourth-order valence-corrected chi connectivity index (χ4v) is 2.40. The fraction of sp³-hybridized carbons (Fsp3) is 0. The standard InChI is InChI=1S/C16H10Br2FNO3/c17-11-3-1-2-4-13(11)20-15(21)7-8-16(22)23-14-6-5-10(19)9-12(14)18/h1-9H,(H,20,21)/b8-7+. The van der Waals surface area contributed by atoms with Crippen LogP contribution >= 0.6 is 31.9 Å². The average molecular weight is 443 g/mol. The van der Waals surface area contributed by atoms with Crippen LogP contribution in [0.5, 0.6) is 5.75 Å². The number of benzene rings is 2. The molecule has 0 aliphatic heterocycles. The molecule has 0 bridgehead atoms. The van der Waals surface area contributed by atoms with Crippen LogP contribution < -0.4 is 10.1 Å². The summed E-state index contributed by atoms with van der Waals surface area (Å²) in [6.07, 6.45) is 2.04. The van der Waals surface area contributed by atoms with Crippen LogP contribution in [0.25, 0.3) is 0 Å². The van der Waals surface area contributed by atoms with Gasteiger partial charge in [-0.3, -0.25) is 4.79 Å². The van der Waals surface area contributed by atoms with E-state index in [-0.39, 0.29) is 5.75 Å². The summed E-state index contributed by atoms with van der Waals surface area (Å²) in [6.45, 7) is 0. The van der Waals surface area contributed by atoms with Crippen molar-refractivity contribution in [1.82, 2.24) is 0 Å². The van der Waals surface area contributed by atoms with E-state index in [2.05, 4.69) is 37.2 Å². The molecular weight excluding hydrogens is 433 g/mol. The Bertz CT molecular complexity index is 778. The second kappa shape index (κ2) is 8.03. The molecule has 0 radical (unpaired) electrons. The van der Waals surface area contributed by atoms with E-state index in [1.165, 1.54) is 12.1 Å². The number of esters is 1. The lowest BCUT2D eigenvalue weighted by Crippen LogP contribution is -2.11. The summed E-state index contributed by atoms with van der Waals surface area (Å²) < 4.78 is 19.0. The minimum Gasteiger partial charge on any atom is -0.422 e. The number of hydrogen-bond donors (Lipinski definition) is 1. The first-order valence-electron chi connectivity index (χ1n) is 6.36. The molecule has 0 atom stereocenters. The highest BCUT2D eigenvalue weighted by Crippen LogP contribution is 2.25. The van der Waals surface area contributed by atoms with Gasteiger partial charge in [0.2, 0.25) is 5.91 Å². The summed E-state index contributed by atoms with van der Waals surface area (Å²) in [5.41, 5.74) is 0.580. The van der Waals surface area contributed by atoms with Crippen LogP contribution in [0.3, 0.4) is 0 Å². The fourth-order valence-electron chi connectivity index (χ4n) is 1.58. The smallest absolute Gasteiger partial charge is 0.336 e. The maximum atomic E-state index is 12.9. The highest BCUT2D eigenvalue weighted by Gasteiger charge is 2.07. The van der Waals surface area contributed by atoms with E-state index in [0.29, 0.717) is 10.2 Å². The number of hydrogen-bond acceptors (Lipinski definition) is 3. The Kier molecular flexibility index (Phi) is 6.06. The monoisotopic (exact) mass is 441 g/mol. The number of amides is 1. The van der Waals surface area contributed by atoms with Crippen molar-refractivity contribution in [2.75, 3.05) is 5.32 Å². The van der Waals surface area contributed by atoms with Gasteiger partial charge in [0.05, 0.1) is 10.2 Å². The third-order valence-electron chi connectivity index (χ3n) is 2.61. The number of ether oxygens (including phenoxy) is 1. The zero-order chi connectivity index (χ0) is 16.8. The van der Waals surface area contributed by atoms with Gasteiger partial charge < -0.3 is 10.1 Å². The van der Waals surface area contributed by atoms with Crippen molar-refractivity contribution >= 4 is 49.4 Å². The number of para-hydroxylation sites is 1. The molecule has 0 fully saturated rings. The molecule has 0 spiro atoms. The molecule has 0 aliphatic carbocycles. The Labute approximate surface area is 148 Å². The molecule has 1 N–H and O–H groups in total. The third-order valence-corrected chi connectivity index (χ3v) is 3.92. The first-order chi connectivity index (χ1) is 11.0. The zero-order valence-electron chi connectivity index (χ0n) is 11.6. The number of rotatable bonds is 4. The number of anilines is 1. The Morgan fingerprint density at radius 3 is 2.48 bits per heavy atom. The van der Waals surface area contributed by atoms with Crippen LogP contribution in [-0.2, 0) is 9.59 Å². The summed E-state index contributed by atoms with van der Waals surface area (Å²) in [5, 5.41) is 2.61. The zero-order valence-corrected chi connectivity index (χ0v) is 14.7. The Morgan fingerprint density at radius 2 is 1.78 bits per heavy atom. The molecule has 7 heteroatoms. The molecule has 0 saturated heterocycles. The van der Waals surface area contributed by atoms with E-state index in [1.807, 2.05) is 6.07 Å². The molecule has 0 heterocycles. The van der Waals surface area contributed by atoms with E-state index < -0.39 is 17.7 Å². The highest BCUT2D eigenvalue weighted by molar-refractivity contribution is 9.11. The maximum Gasteiger partial charge on any atom is 0.336 e. The number of nitrogens with one attached hydrogen (secondary N) is 1. The summed E-state index contributed by atoms with van der Waals surface area (Å²) in [5.74, 6) is -1.53. The van der Waals surface area contributed by atoms with Crippen molar-refractivity contribution in [1.29, 1.82) is 0 Å². The molecule has 2 aromatic rings. The van der Waals surface area contributed by atoms with Crippen molar-refractivity contribution in [2.24, 2.45) is 0 Å². The van der Waals surface area contributed by atoms with E-state index in [0.717, 1.165) is 22.7 Å². The van der Waals surface area contributed by atoms with Gasteiger partial charge in [0.15, 0.2) is 0 Å². The lowest BCUT2D eigenvalue weighted by molar-refractivity contribution is -0.129. The van der Waals surface area contributed by atoms with Crippen molar-refractivity contribution in [3.8, 4) is 5.75 Å². The second-order valence-corrected chi connectivity index (χ2v) is 6.01. The van der Waals surface area contributed by atoms with Crippen molar-refractivity contribution < 1.29 is 18.7 Å². The molecule has 0 aromatic heterocycles. The van der Waals surface area contributed by atoms with Crippen molar-refractivity contribution in [2.45, 2.75) is 0 Å². The molecule has 23 heavy (non-hydrogen) atoms. The van der Waals surface area contributed by atoms with Gasteiger partial charge in [-0.05, 0) is 62.2 Å². The maximum absolute atomic E-state index is 12.9. The molecule has 118 valence electrons. The quantitative estimate of drug-likeness (QED) is 0.432. The topological polar surface area (TPSA) is 55.4 Å². The minimum absolute atomic E-state index is 0.160. The van der Waals surface area contributed by atoms with Crippen LogP contribution in [-0.4, -0.2) is 11.9 Å².